The van der Waals surface area contributed by atoms with Gasteiger partial charge in [0.1, 0.15) is 5.75 Å². The SMILES string of the molecule is O=C(COc1ccc(Cl)cc1Cl)N(CCO)C1CCC1. The lowest BCUT2D eigenvalue weighted by molar-refractivity contribution is -0.138. The fourth-order valence-electron chi connectivity index (χ4n) is 2.13. The molecule has 1 N–H and O–H groups in total. The number of aliphatic hydroxyl groups excluding tert-OH is 1. The summed E-state index contributed by atoms with van der Waals surface area (Å²) in [5.74, 6) is 0.303. The van der Waals surface area contributed by atoms with Gasteiger partial charge in [0.25, 0.3) is 5.91 Å². The Bertz CT molecular complexity index is 477. The van der Waals surface area contributed by atoms with Gasteiger partial charge in [-0.15, -0.1) is 0 Å². The Balaban J connectivity index is 1.92. The molecule has 0 saturated heterocycles. The number of carbonyl (C=O) groups is 1. The van der Waals surface area contributed by atoms with Crippen LogP contribution in [0, 0.1) is 0 Å². The summed E-state index contributed by atoms with van der Waals surface area (Å²) < 4.78 is 5.44. The maximum Gasteiger partial charge on any atom is 0.260 e. The van der Waals surface area contributed by atoms with Crippen LogP contribution in [0.1, 0.15) is 19.3 Å². The van der Waals surface area contributed by atoms with Crippen molar-refractivity contribution in [3.8, 4) is 5.75 Å². The molecule has 0 unspecified atom stereocenters. The highest BCUT2D eigenvalue weighted by Gasteiger charge is 2.28. The molecular weight excluding hydrogens is 301 g/mol. The van der Waals surface area contributed by atoms with Gasteiger partial charge in [0.15, 0.2) is 6.61 Å². The highest BCUT2D eigenvalue weighted by atomic mass is 35.5. The van der Waals surface area contributed by atoms with E-state index in [1.165, 1.54) is 0 Å². The van der Waals surface area contributed by atoms with E-state index in [0.717, 1.165) is 19.3 Å². The zero-order valence-corrected chi connectivity index (χ0v) is 12.5. The van der Waals surface area contributed by atoms with Crippen LogP contribution in [0.3, 0.4) is 0 Å². The summed E-state index contributed by atoms with van der Waals surface area (Å²) >= 11 is 11.8. The van der Waals surface area contributed by atoms with Crippen molar-refractivity contribution in [2.24, 2.45) is 0 Å². The molecule has 1 fully saturated rings. The number of hydrogen-bond donors (Lipinski definition) is 1. The average molecular weight is 318 g/mol. The van der Waals surface area contributed by atoms with Crippen LogP contribution in [-0.4, -0.2) is 41.7 Å². The van der Waals surface area contributed by atoms with Crippen molar-refractivity contribution >= 4 is 29.1 Å². The van der Waals surface area contributed by atoms with Crippen LogP contribution in [0.5, 0.6) is 5.75 Å². The normalized spacial score (nSPS) is 14.8. The number of nitrogens with zero attached hydrogens (tertiary/aromatic N) is 1. The zero-order chi connectivity index (χ0) is 14.5. The minimum absolute atomic E-state index is 0.0378. The predicted octanol–water partition coefficient (Wildman–Crippen LogP) is 2.75. The summed E-state index contributed by atoms with van der Waals surface area (Å²) in [5, 5.41) is 9.94. The summed E-state index contributed by atoms with van der Waals surface area (Å²) in [6, 6.07) is 5.10. The molecule has 1 aromatic carbocycles. The van der Waals surface area contributed by atoms with Crippen molar-refractivity contribution < 1.29 is 14.6 Å². The second-order valence-corrected chi connectivity index (χ2v) is 5.60. The molecule has 0 aliphatic heterocycles. The van der Waals surface area contributed by atoms with E-state index in [9.17, 15) is 4.79 Å². The second-order valence-electron chi connectivity index (χ2n) is 4.76. The van der Waals surface area contributed by atoms with E-state index >= 15 is 0 Å². The van der Waals surface area contributed by atoms with Crippen molar-refractivity contribution in [3.63, 3.8) is 0 Å². The van der Waals surface area contributed by atoms with E-state index < -0.39 is 0 Å². The number of halogens is 2. The number of amides is 1. The predicted molar refractivity (Wildman–Crippen MR) is 78.4 cm³/mol. The minimum atomic E-state index is -0.130. The first-order chi connectivity index (χ1) is 9.61. The largest absolute Gasteiger partial charge is 0.482 e. The van der Waals surface area contributed by atoms with Gasteiger partial charge in [-0.1, -0.05) is 23.2 Å². The summed E-state index contributed by atoms with van der Waals surface area (Å²) in [6.45, 7) is 0.225. The number of carbonyl (C=O) groups excluding carboxylic acids is 1. The molecule has 0 aromatic heterocycles. The summed E-state index contributed by atoms with van der Waals surface area (Å²) in [6.07, 6.45) is 3.12. The third-order valence-electron chi connectivity index (χ3n) is 3.42. The molecule has 0 spiro atoms. The maximum absolute atomic E-state index is 12.1. The highest BCUT2D eigenvalue weighted by Crippen LogP contribution is 2.28. The molecule has 6 heteroatoms. The van der Waals surface area contributed by atoms with Crippen molar-refractivity contribution in [1.82, 2.24) is 4.90 Å². The fourth-order valence-corrected chi connectivity index (χ4v) is 2.59. The van der Waals surface area contributed by atoms with Gasteiger partial charge in [0.05, 0.1) is 11.6 Å². The lowest BCUT2D eigenvalue weighted by Gasteiger charge is -2.37. The van der Waals surface area contributed by atoms with E-state index in [-0.39, 0.29) is 25.2 Å². The first kappa shape index (κ1) is 15.4. The first-order valence-corrected chi connectivity index (χ1v) is 7.35. The van der Waals surface area contributed by atoms with Crippen LogP contribution in [0.25, 0.3) is 0 Å². The monoisotopic (exact) mass is 317 g/mol. The van der Waals surface area contributed by atoms with Gasteiger partial charge in [0.2, 0.25) is 0 Å². The lowest BCUT2D eigenvalue weighted by atomic mass is 9.91. The van der Waals surface area contributed by atoms with Gasteiger partial charge in [0, 0.05) is 17.6 Å². The molecule has 1 aliphatic carbocycles. The molecule has 1 aromatic rings. The summed E-state index contributed by atoms with van der Waals surface area (Å²) in [4.78, 5) is 13.8. The van der Waals surface area contributed by atoms with E-state index in [4.69, 9.17) is 33.0 Å². The number of ether oxygens (including phenoxy) is 1. The average Bonchev–Trinajstić information content (AvgIpc) is 2.34. The standard InChI is InChI=1S/C14H17Cl2NO3/c15-10-4-5-13(12(16)8-10)20-9-14(19)17(6-7-18)11-2-1-3-11/h4-5,8,11,18H,1-3,6-7,9H2. The molecule has 0 atom stereocenters. The Morgan fingerprint density at radius 3 is 2.70 bits per heavy atom. The van der Waals surface area contributed by atoms with Crippen molar-refractivity contribution in [1.29, 1.82) is 0 Å². The Morgan fingerprint density at radius 1 is 1.40 bits per heavy atom. The smallest absolute Gasteiger partial charge is 0.260 e. The maximum atomic E-state index is 12.1. The van der Waals surface area contributed by atoms with Crippen LogP contribution in [0.15, 0.2) is 18.2 Å². The third kappa shape index (κ3) is 3.78. The molecule has 0 bridgehead atoms. The molecule has 4 nitrogen and oxygen atoms in total. The van der Waals surface area contributed by atoms with Gasteiger partial charge in [-0.05, 0) is 37.5 Å². The first-order valence-electron chi connectivity index (χ1n) is 6.60. The van der Waals surface area contributed by atoms with E-state index in [1.54, 1.807) is 23.1 Å². The zero-order valence-electron chi connectivity index (χ0n) is 11.0. The van der Waals surface area contributed by atoms with Gasteiger partial charge < -0.3 is 14.7 Å². The van der Waals surface area contributed by atoms with Crippen LogP contribution < -0.4 is 4.74 Å². The minimum Gasteiger partial charge on any atom is -0.482 e. The molecule has 0 radical (unpaired) electrons. The van der Waals surface area contributed by atoms with Gasteiger partial charge in [-0.2, -0.15) is 0 Å². The highest BCUT2D eigenvalue weighted by molar-refractivity contribution is 6.35. The number of aliphatic hydroxyl groups is 1. The Labute approximate surface area is 128 Å². The van der Waals surface area contributed by atoms with Gasteiger partial charge >= 0.3 is 0 Å². The Hall–Kier alpha value is -0.970. The van der Waals surface area contributed by atoms with E-state index in [2.05, 4.69) is 0 Å². The molecule has 0 heterocycles. The van der Waals surface area contributed by atoms with Crippen LogP contribution in [0.2, 0.25) is 10.0 Å². The van der Waals surface area contributed by atoms with Gasteiger partial charge in [-0.3, -0.25) is 4.79 Å². The topological polar surface area (TPSA) is 49.8 Å². The van der Waals surface area contributed by atoms with Crippen LogP contribution in [-0.2, 0) is 4.79 Å². The number of benzene rings is 1. The number of rotatable bonds is 6. The summed E-state index contributed by atoms with van der Waals surface area (Å²) in [5.41, 5.74) is 0. The van der Waals surface area contributed by atoms with Crippen molar-refractivity contribution in [3.05, 3.63) is 28.2 Å². The Morgan fingerprint density at radius 2 is 2.15 bits per heavy atom. The quantitative estimate of drug-likeness (QED) is 0.877. The van der Waals surface area contributed by atoms with Crippen molar-refractivity contribution in [2.45, 2.75) is 25.3 Å². The van der Waals surface area contributed by atoms with E-state index in [1.807, 2.05) is 0 Å². The van der Waals surface area contributed by atoms with Crippen LogP contribution >= 0.6 is 23.2 Å². The van der Waals surface area contributed by atoms with Gasteiger partial charge in [-0.25, -0.2) is 0 Å². The second kappa shape index (κ2) is 7.16. The van der Waals surface area contributed by atoms with Crippen LogP contribution in [0.4, 0.5) is 0 Å². The molecule has 20 heavy (non-hydrogen) atoms. The van der Waals surface area contributed by atoms with Crippen molar-refractivity contribution in [2.75, 3.05) is 19.8 Å². The molecule has 2 rings (SSSR count). The molecule has 110 valence electrons. The summed E-state index contributed by atoms with van der Waals surface area (Å²) in [7, 11) is 0. The Kier molecular flexibility index (Phi) is 5.52. The lowest BCUT2D eigenvalue weighted by Crippen LogP contribution is -2.47. The van der Waals surface area contributed by atoms with E-state index in [0.29, 0.717) is 22.3 Å². The molecule has 1 aliphatic rings. The molecular formula is C14H17Cl2NO3. The fraction of sp³-hybridized carbons (Fsp3) is 0.500. The molecule has 1 saturated carbocycles. The third-order valence-corrected chi connectivity index (χ3v) is 3.95. The number of hydrogen-bond acceptors (Lipinski definition) is 3. The molecule has 1 amide bonds.